The van der Waals surface area contributed by atoms with E-state index in [1.807, 2.05) is 32.0 Å². The summed E-state index contributed by atoms with van der Waals surface area (Å²) in [5.41, 5.74) is 2.11. The number of benzene rings is 1. The summed E-state index contributed by atoms with van der Waals surface area (Å²) in [6, 6.07) is 9.94. The summed E-state index contributed by atoms with van der Waals surface area (Å²) < 4.78 is 5.34. The van der Waals surface area contributed by atoms with E-state index in [9.17, 15) is 9.59 Å². The Labute approximate surface area is 256 Å². The number of nitrogens with zero attached hydrogens (tertiary/aromatic N) is 1. The summed E-state index contributed by atoms with van der Waals surface area (Å²) in [5.74, 6) is 5.71. The first-order valence-electron chi connectivity index (χ1n) is 17.8. The molecule has 6 unspecified atom stereocenters. The van der Waals surface area contributed by atoms with Crippen LogP contribution in [0.4, 0.5) is 4.79 Å². The van der Waals surface area contributed by atoms with Gasteiger partial charge in [-0.15, -0.1) is 0 Å². The first kappa shape index (κ1) is 31.6. The molecular formula is C38H59NO3. The van der Waals surface area contributed by atoms with Crippen LogP contribution in [-0.4, -0.2) is 29.5 Å². The lowest BCUT2D eigenvalue weighted by Crippen LogP contribution is -2.55. The summed E-state index contributed by atoms with van der Waals surface area (Å²) in [6.07, 6.45) is 15.7. The van der Waals surface area contributed by atoms with Gasteiger partial charge in [-0.2, -0.15) is 0 Å². The zero-order chi connectivity index (χ0) is 30.1. The van der Waals surface area contributed by atoms with Crippen molar-refractivity contribution >= 4 is 12.0 Å². The average molecular weight is 578 g/mol. The van der Waals surface area contributed by atoms with Gasteiger partial charge in [0.1, 0.15) is 6.61 Å². The Balaban J connectivity index is 0.00000173. The maximum atomic E-state index is 13.4. The molecule has 0 bridgehead atoms. The zero-order valence-corrected chi connectivity index (χ0v) is 27.6. The van der Waals surface area contributed by atoms with E-state index in [-0.39, 0.29) is 11.9 Å². The molecule has 6 rings (SSSR count). The van der Waals surface area contributed by atoms with Gasteiger partial charge in [-0.1, -0.05) is 91.1 Å². The Hall–Kier alpha value is -1.84. The lowest BCUT2D eigenvalue weighted by molar-refractivity contribution is -0.138. The monoisotopic (exact) mass is 577 g/mol. The highest BCUT2D eigenvalue weighted by molar-refractivity contribution is 5.93. The third-order valence-electron chi connectivity index (χ3n) is 13.4. The Bertz CT molecular complexity index is 1070. The molecule has 4 saturated carbocycles. The Morgan fingerprint density at radius 3 is 2.45 bits per heavy atom. The molecule has 4 nitrogen and oxygen atoms in total. The molecule has 234 valence electrons. The Morgan fingerprint density at radius 1 is 0.976 bits per heavy atom. The van der Waals surface area contributed by atoms with E-state index >= 15 is 0 Å². The third kappa shape index (κ3) is 5.58. The minimum absolute atomic E-state index is 0.0481. The number of cyclic esters (lactones) is 1. The summed E-state index contributed by atoms with van der Waals surface area (Å²) >= 11 is 0. The largest absolute Gasteiger partial charge is 0.447 e. The van der Waals surface area contributed by atoms with E-state index in [1.54, 1.807) is 0 Å². The normalized spacial score (nSPS) is 39.7. The molecule has 1 heterocycles. The maximum absolute atomic E-state index is 13.4. The highest BCUT2D eigenvalue weighted by Gasteiger charge is 2.61. The van der Waals surface area contributed by atoms with Crippen LogP contribution < -0.4 is 0 Å². The zero-order valence-electron chi connectivity index (χ0n) is 27.6. The molecule has 1 aromatic carbocycles. The minimum Gasteiger partial charge on any atom is -0.447 e. The fourth-order valence-corrected chi connectivity index (χ4v) is 11.5. The second-order valence-corrected chi connectivity index (χ2v) is 15.1. The molecule has 4 heteroatoms. The van der Waals surface area contributed by atoms with E-state index < -0.39 is 6.09 Å². The molecule has 2 amide bonds. The highest BCUT2D eigenvalue weighted by Crippen LogP contribution is 2.69. The molecule has 1 aromatic rings. The van der Waals surface area contributed by atoms with Gasteiger partial charge in [0.05, 0.1) is 6.04 Å². The molecule has 42 heavy (non-hydrogen) atoms. The number of fused-ring (bicyclic) bond motifs is 5. The second-order valence-electron chi connectivity index (χ2n) is 15.1. The van der Waals surface area contributed by atoms with Gasteiger partial charge in [0.15, 0.2) is 0 Å². The van der Waals surface area contributed by atoms with Crippen molar-refractivity contribution < 1.29 is 14.3 Å². The number of hydrogen-bond acceptors (Lipinski definition) is 3. The van der Waals surface area contributed by atoms with Crippen LogP contribution in [0.2, 0.25) is 0 Å². The standard InChI is InChI=1S/C36H53NO3.C2H6/c1-5-26-22-28-31-16-15-29(36(31,4)20-18-32(28)35(3)19-10-9-13-30(26)35)24(2)14-17-33(38)37-27(23-40-34(37)39)21-25-11-7-6-8-12-25;1-2/h6-8,11-12,24,26-32H,5,9-10,13-23H2,1-4H3;1-2H3/t24-,26+,27?,28?,29-,30?,31?,32+,35?,36?;/m1./s1. The molecule has 0 aromatic heterocycles. The number of carbonyl (C=O) groups excluding carboxylic acids is 2. The number of imide groups is 1. The average Bonchev–Trinajstić information content (AvgIpc) is 3.55. The van der Waals surface area contributed by atoms with Crippen molar-refractivity contribution in [1.82, 2.24) is 4.90 Å². The van der Waals surface area contributed by atoms with Gasteiger partial charge >= 0.3 is 6.09 Å². The summed E-state index contributed by atoms with van der Waals surface area (Å²) in [4.78, 5) is 27.4. The molecule has 0 radical (unpaired) electrons. The number of carbonyl (C=O) groups is 2. The molecule has 5 aliphatic rings. The first-order chi connectivity index (χ1) is 20.3. The SMILES string of the molecule is CC.CC[C@H]1CC2C3CC[C@H]([C@H](C)CCC(=O)N4C(=O)OCC4Cc4ccccc4)C3(C)CC[C@@H]2C2(C)CCCCC12. The van der Waals surface area contributed by atoms with Crippen molar-refractivity contribution in [2.75, 3.05) is 6.61 Å². The van der Waals surface area contributed by atoms with Gasteiger partial charge in [-0.3, -0.25) is 4.79 Å². The van der Waals surface area contributed by atoms with Gasteiger partial charge in [0, 0.05) is 6.42 Å². The first-order valence-corrected chi connectivity index (χ1v) is 17.8. The van der Waals surface area contributed by atoms with Crippen LogP contribution in [0.25, 0.3) is 0 Å². The highest BCUT2D eigenvalue weighted by atomic mass is 16.6. The van der Waals surface area contributed by atoms with E-state index in [4.69, 9.17) is 4.74 Å². The third-order valence-corrected chi connectivity index (χ3v) is 13.4. The minimum atomic E-state index is -0.456. The van der Waals surface area contributed by atoms with Crippen molar-refractivity contribution in [1.29, 1.82) is 0 Å². The number of amides is 2. The number of hydrogen-bond donors (Lipinski definition) is 0. The van der Waals surface area contributed by atoms with Gasteiger partial charge in [-0.25, -0.2) is 9.69 Å². The Morgan fingerprint density at radius 2 is 1.71 bits per heavy atom. The molecule has 1 aliphatic heterocycles. The van der Waals surface area contributed by atoms with E-state index in [0.717, 1.165) is 41.6 Å². The van der Waals surface area contributed by atoms with Crippen molar-refractivity contribution in [2.45, 2.75) is 131 Å². The van der Waals surface area contributed by atoms with Crippen molar-refractivity contribution in [3.63, 3.8) is 0 Å². The quantitative estimate of drug-likeness (QED) is 0.324. The van der Waals surface area contributed by atoms with E-state index in [0.29, 0.717) is 42.1 Å². The van der Waals surface area contributed by atoms with Crippen LogP contribution in [0, 0.1) is 52.3 Å². The topological polar surface area (TPSA) is 46.6 Å². The van der Waals surface area contributed by atoms with E-state index in [2.05, 4.69) is 39.8 Å². The number of ether oxygens (including phenoxy) is 1. The van der Waals surface area contributed by atoms with Gasteiger partial charge in [0.2, 0.25) is 5.91 Å². The number of rotatable bonds is 7. The van der Waals surface area contributed by atoms with Crippen LogP contribution in [-0.2, 0) is 16.0 Å². The predicted molar refractivity (Wildman–Crippen MR) is 171 cm³/mol. The van der Waals surface area contributed by atoms with E-state index in [1.165, 1.54) is 69.1 Å². The van der Waals surface area contributed by atoms with Gasteiger partial charge in [0.25, 0.3) is 0 Å². The molecule has 1 saturated heterocycles. The fourth-order valence-electron chi connectivity index (χ4n) is 11.5. The smallest absolute Gasteiger partial charge is 0.416 e. The molecule has 0 spiro atoms. The van der Waals surface area contributed by atoms with Crippen molar-refractivity contribution in [2.24, 2.45) is 52.3 Å². The maximum Gasteiger partial charge on any atom is 0.416 e. The van der Waals surface area contributed by atoms with Crippen LogP contribution in [0.15, 0.2) is 30.3 Å². The van der Waals surface area contributed by atoms with Crippen LogP contribution >= 0.6 is 0 Å². The van der Waals surface area contributed by atoms with Crippen LogP contribution in [0.5, 0.6) is 0 Å². The summed E-state index contributed by atoms with van der Waals surface area (Å²) in [5, 5.41) is 0. The molecular weight excluding hydrogens is 518 g/mol. The molecule has 4 aliphatic carbocycles. The Kier molecular flexibility index (Phi) is 9.80. The van der Waals surface area contributed by atoms with Crippen molar-refractivity contribution in [3.05, 3.63) is 35.9 Å². The fraction of sp³-hybridized carbons (Fsp3) is 0.789. The predicted octanol–water partition coefficient (Wildman–Crippen LogP) is 9.70. The second kappa shape index (κ2) is 13.0. The molecule has 0 N–H and O–H groups in total. The summed E-state index contributed by atoms with van der Waals surface area (Å²) in [7, 11) is 0. The van der Waals surface area contributed by atoms with Crippen LogP contribution in [0.3, 0.4) is 0 Å². The van der Waals surface area contributed by atoms with Gasteiger partial charge in [-0.05, 0) is 116 Å². The summed E-state index contributed by atoms with van der Waals surface area (Å²) in [6.45, 7) is 14.5. The van der Waals surface area contributed by atoms with Crippen LogP contribution in [0.1, 0.15) is 124 Å². The molecule has 10 atom stereocenters. The lowest BCUT2D eigenvalue weighted by atomic mass is 9.42. The lowest BCUT2D eigenvalue weighted by Gasteiger charge is -2.63. The van der Waals surface area contributed by atoms with Gasteiger partial charge < -0.3 is 4.74 Å². The van der Waals surface area contributed by atoms with Crippen molar-refractivity contribution in [3.8, 4) is 0 Å². The molecule has 5 fully saturated rings.